The number of hydrogen-bond donors (Lipinski definition) is 2. The lowest BCUT2D eigenvalue weighted by atomic mass is 10.2. The Labute approximate surface area is 168 Å². The molecule has 0 saturated heterocycles. The zero-order valence-corrected chi connectivity index (χ0v) is 16.6. The number of hydrogen-bond acceptors (Lipinski definition) is 3. The predicted molar refractivity (Wildman–Crippen MR) is 111 cm³/mol. The number of imidazole rings is 1. The number of aromatic amines is 1. The number of aromatic nitrogens is 3. The van der Waals surface area contributed by atoms with Crippen molar-refractivity contribution >= 4 is 50.2 Å². The number of halogens is 2. The van der Waals surface area contributed by atoms with Crippen molar-refractivity contribution < 1.29 is 4.79 Å². The summed E-state index contributed by atoms with van der Waals surface area (Å²) in [6, 6.07) is 13.0. The van der Waals surface area contributed by atoms with Crippen LogP contribution in [0.15, 0.2) is 59.3 Å². The van der Waals surface area contributed by atoms with Crippen molar-refractivity contribution in [1.29, 1.82) is 0 Å². The first kappa shape index (κ1) is 17.7. The highest BCUT2D eigenvalue weighted by Crippen LogP contribution is 2.26. The molecule has 0 aliphatic carbocycles. The van der Waals surface area contributed by atoms with Crippen LogP contribution in [-0.4, -0.2) is 20.9 Å². The number of rotatable bonds is 3. The molecule has 0 aliphatic heterocycles. The molecule has 0 saturated carbocycles. The van der Waals surface area contributed by atoms with Crippen LogP contribution in [-0.2, 0) is 0 Å². The Balaban J connectivity index is 1.56. The highest BCUT2D eigenvalue weighted by atomic mass is 79.9. The van der Waals surface area contributed by atoms with Gasteiger partial charge in [0.1, 0.15) is 5.82 Å². The second-order valence-corrected chi connectivity index (χ2v) is 7.45. The molecule has 4 aromatic rings. The van der Waals surface area contributed by atoms with Crippen molar-refractivity contribution in [3.63, 3.8) is 0 Å². The van der Waals surface area contributed by atoms with Crippen molar-refractivity contribution in [2.45, 2.75) is 6.92 Å². The van der Waals surface area contributed by atoms with Gasteiger partial charge < -0.3 is 10.3 Å². The van der Waals surface area contributed by atoms with E-state index in [4.69, 9.17) is 11.6 Å². The number of carbonyl (C=O) groups is 1. The van der Waals surface area contributed by atoms with Crippen LogP contribution in [0.4, 0.5) is 5.69 Å². The first-order valence-corrected chi connectivity index (χ1v) is 9.35. The molecule has 0 fully saturated rings. The van der Waals surface area contributed by atoms with Gasteiger partial charge in [0.2, 0.25) is 0 Å². The third-order valence-electron chi connectivity index (χ3n) is 4.15. The standard InChI is InChI=1S/C20H14BrClN4O/c1-11-6-17-18(8-16(11)22)26-19(25-17)12-2-4-15(5-3-12)24-20(27)13-7-14(21)10-23-9-13/h2-10H,1H3,(H,24,27)(H,25,26). The number of pyridine rings is 1. The van der Waals surface area contributed by atoms with E-state index in [0.29, 0.717) is 16.3 Å². The summed E-state index contributed by atoms with van der Waals surface area (Å²) in [6.07, 6.45) is 3.16. The molecule has 134 valence electrons. The van der Waals surface area contributed by atoms with Gasteiger partial charge in [0.25, 0.3) is 5.91 Å². The molecule has 2 N–H and O–H groups in total. The predicted octanol–water partition coefficient (Wildman–Crippen LogP) is 5.60. The SMILES string of the molecule is Cc1cc2[nH]c(-c3ccc(NC(=O)c4cncc(Br)c4)cc3)nc2cc1Cl. The molecular formula is C20H14BrClN4O. The molecule has 27 heavy (non-hydrogen) atoms. The van der Waals surface area contributed by atoms with E-state index >= 15 is 0 Å². The molecule has 2 aromatic heterocycles. The maximum Gasteiger partial charge on any atom is 0.257 e. The fourth-order valence-corrected chi connectivity index (χ4v) is 3.25. The van der Waals surface area contributed by atoms with Gasteiger partial charge in [0.05, 0.1) is 16.6 Å². The zero-order valence-electron chi connectivity index (χ0n) is 14.3. The number of nitrogens with one attached hydrogen (secondary N) is 2. The lowest BCUT2D eigenvalue weighted by Gasteiger charge is -2.06. The quantitative estimate of drug-likeness (QED) is 0.434. The van der Waals surface area contributed by atoms with Crippen molar-refractivity contribution in [3.8, 4) is 11.4 Å². The topological polar surface area (TPSA) is 70.7 Å². The largest absolute Gasteiger partial charge is 0.338 e. The van der Waals surface area contributed by atoms with Gasteiger partial charge in [0, 0.05) is 33.1 Å². The summed E-state index contributed by atoms with van der Waals surface area (Å²) in [6.45, 7) is 1.96. The molecule has 0 bridgehead atoms. The summed E-state index contributed by atoms with van der Waals surface area (Å²) in [7, 11) is 0. The number of carbonyl (C=O) groups excluding carboxylic acids is 1. The summed E-state index contributed by atoms with van der Waals surface area (Å²) in [5.74, 6) is 0.533. The van der Waals surface area contributed by atoms with Gasteiger partial charge in [0.15, 0.2) is 0 Å². The molecule has 5 nitrogen and oxygen atoms in total. The summed E-state index contributed by atoms with van der Waals surface area (Å²) in [5, 5.41) is 3.55. The minimum Gasteiger partial charge on any atom is -0.338 e. The summed E-state index contributed by atoms with van der Waals surface area (Å²) in [5.41, 5.74) is 4.85. The number of H-pyrrole nitrogens is 1. The van der Waals surface area contributed by atoms with E-state index in [-0.39, 0.29) is 5.91 Å². The maximum atomic E-state index is 12.3. The van der Waals surface area contributed by atoms with Gasteiger partial charge in [-0.2, -0.15) is 0 Å². The lowest BCUT2D eigenvalue weighted by molar-refractivity contribution is 0.102. The normalized spacial score (nSPS) is 10.9. The van der Waals surface area contributed by atoms with Gasteiger partial charge in [-0.1, -0.05) is 11.6 Å². The summed E-state index contributed by atoms with van der Waals surface area (Å²) >= 11 is 9.48. The second kappa shape index (κ2) is 7.13. The summed E-state index contributed by atoms with van der Waals surface area (Å²) < 4.78 is 0.755. The number of benzene rings is 2. The van der Waals surface area contributed by atoms with E-state index in [1.807, 2.05) is 43.3 Å². The second-order valence-electron chi connectivity index (χ2n) is 6.13. The minimum atomic E-state index is -0.217. The van der Waals surface area contributed by atoms with E-state index in [1.165, 1.54) is 6.20 Å². The van der Waals surface area contributed by atoms with Crippen LogP contribution < -0.4 is 5.32 Å². The minimum absolute atomic E-state index is 0.217. The average molecular weight is 442 g/mol. The van der Waals surface area contributed by atoms with Crippen LogP contribution in [0.1, 0.15) is 15.9 Å². The smallest absolute Gasteiger partial charge is 0.257 e. The Bertz CT molecular complexity index is 1120. The van der Waals surface area contributed by atoms with Gasteiger partial charge in [-0.05, 0) is 70.9 Å². The van der Waals surface area contributed by atoms with Crippen LogP contribution in [0.3, 0.4) is 0 Å². The Morgan fingerprint density at radius 1 is 1.15 bits per heavy atom. The number of anilines is 1. The van der Waals surface area contributed by atoms with E-state index in [0.717, 1.165) is 32.5 Å². The van der Waals surface area contributed by atoms with E-state index < -0.39 is 0 Å². The highest BCUT2D eigenvalue weighted by Gasteiger charge is 2.10. The highest BCUT2D eigenvalue weighted by molar-refractivity contribution is 9.10. The van der Waals surface area contributed by atoms with Crippen LogP contribution in [0, 0.1) is 6.92 Å². The lowest BCUT2D eigenvalue weighted by Crippen LogP contribution is -2.12. The number of amides is 1. The number of aryl methyl sites for hydroxylation is 1. The third kappa shape index (κ3) is 3.72. The van der Waals surface area contributed by atoms with Crippen LogP contribution in [0.5, 0.6) is 0 Å². The number of nitrogens with zero attached hydrogens (tertiary/aromatic N) is 2. The van der Waals surface area contributed by atoms with E-state index in [9.17, 15) is 4.79 Å². The van der Waals surface area contributed by atoms with Gasteiger partial charge in [-0.15, -0.1) is 0 Å². The van der Waals surface area contributed by atoms with Crippen molar-refractivity contribution in [2.24, 2.45) is 0 Å². The Morgan fingerprint density at radius 3 is 2.67 bits per heavy atom. The Morgan fingerprint density at radius 2 is 1.93 bits per heavy atom. The van der Waals surface area contributed by atoms with Gasteiger partial charge in [-0.3, -0.25) is 9.78 Å². The van der Waals surface area contributed by atoms with Crippen LogP contribution >= 0.6 is 27.5 Å². The van der Waals surface area contributed by atoms with Crippen LogP contribution in [0.25, 0.3) is 22.4 Å². The van der Waals surface area contributed by atoms with Crippen molar-refractivity contribution in [2.75, 3.05) is 5.32 Å². The molecule has 2 aromatic carbocycles. The average Bonchev–Trinajstić information content (AvgIpc) is 3.05. The van der Waals surface area contributed by atoms with Crippen LogP contribution in [0.2, 0.25) is 5.02 Å². The Hall–Kier alpha value is -2.70. The molecule has 2 heterocycles. The molecule has 0 aliphatic rings. The molecule has 0 atom stereocenters. The van der Waals surface area contributed by atoms with E-state index in [1.54, 1.807) is 12.3 Å². The first-order valence-electron chi connectivity index (χ1n) is 8.18. The zero-order chi connectivity index (χ0) is 19.0. The maximum absolute atomic E-state index is 12.3. The Kier molecular flexibility index (Phi) is 4.68. The molecule has 1 amide bonds. The third-order valence-corrected chi connectivity index (χ3v) is 4.99. The fraction of sp³-hybridized carbons (Fsp3) is 0.0500. The van der Waals surface area contributed by atoms with E-state index in [2.05, 4.69) is 36.2 Å². The molecule has 0 radical (unpaired) electrons. The van der Waals surface area contributed by atoms with Gasteiger partial charge in [-0.25, -0.2) is 4.98 Å². The molecule has 7 heteroatoms. The van der Waals surface area contributed by atoms with Crippen molar-refractivity contribution in [3.05, 3.63) is 75.5 Å². The molecule has 4 rings (SSSR count). The van der Waals surface area contributed by atoms with Gasteiger partial charge >= 0.3 is 0 Å². The monoisotopic (exact) mass is 440 g/mol. The molecular weight excluding hydrogens is 428 g/mol. The summed E-state index contributed by atoms with van der Waals surface area (Å²) in [4.78, 5) is 24.2. The molecule has 0 spiro atoms. The molecule has 0 unspecified atom stereocenters. The fourth-order valence-electron chi connectivity index (χ4n) is 2.73. The van der Waals surface area contributed by atoms with Crippen molar-refractivity contribution in [1.82, 2.24) is 15.0 Å². The number of fused-ring (bicyclic) bond motifs is 1. The first-order chi connectivity index (χ1) is 13.0.